The average molecular weight is 460 g/mol. The highest BCUT2D eigenvalue weighted by atomic mass is 16.4. The van der Waals surface area contributed by atoms with Crippen molar-refractivity contribution in [3.8, 4) is 0 Å². The Morgan fingerprint density at radius 3 is 2.70 bits per heavy atom. The van der Waals surface area contributed by atoms with Crippen molar-refractivity contribution in [2.75, 3.05) is 32.7 Å². The Kier molecular flexibility index (Phi) is 9.17. The van der Waals surface area contributed by atoms with E-state index in [0.717, 1.165) is 38.8 Å². The molecule has 2 atom stereocenters. The lowest BCUT2D eigenvalue weighted by molar-refractivity contribution is -0.139. The zero-order valence-electron chi connectivity index (χ0n) is 18.8. The molecule has 0 saturated carbocycles. The second-order valence-electron chi connectivity index (χ2n) is 8.76. The highest BCUT2D eigenvalue weighted by Gasteiger charge is 2.30. The third kappa shape index (κ3) is 7.52. The number of hydrogen-bond donors (Lipinski definition) is 4. The van der Waals surface area contributed by atoms with Crippen LogP contribution in [0.5, 0.6) is 0 Å². The number of carboxylic acids is 1. The first-order chi connectivity index (χ1) is 15.9. The van der Waals surface area contributed by atoms with Crippen molar-refractivity contribution in [3.05, 3.63) is 30.1 Å². The fourth-order valence-corrected chi connectivity index (χ4v) is 4.36. The number of amides is 3. The van der Waals surface area contributed by atoms with Crippen LogP contribution in [-0.4, -0.2) is 77.4 Å². The van der Waals surface area contributed by atoms with Crippen LogP contribution >= 0.6 is 0 Å². The molecule has 0 aliphatic carbocycles. The highest BCUT2D eigenvalue weighted by molar-refractivity contribution is 5.96. The van der Waals surface area contributed by atoms with Gasteiger partial charge in [-0.1, -0.05) is 0 Å². The van der Waals surface area contributed by atoms with E-state index >= 15 is 0 Å². The lowest BCUT2D eigenvalue weighted by Crippen LogP contribution is -2.51. The van der Waals surface area contributed by atoms with Gasteiger partial charge in [-0.15, -0.1) is 0 Å². The Morgan fingerprint density at radius 1 is 1.21 bits per heavy atom. The van der Waals surface area contributed by atoms with Gasteiger partial charge in [-0.2, -0.15) is 0 Å². The second-order valence-corrected chi connectivity index (χ2v) is 8.76. The van der Waals surface area contributed by atoms with Gasteiger partial charge in [-0.25, -0.2) is 4.79 Å². The average Bonchev–Trinajstić information content (AvgIpc) is 2.85. The van der Waals surface area contributed by atoms with E-state index in [9.17, 15) is 24.3 Å². The Balaban J connectivity index is 1.45. The topological polar surface area (TPSA) is 141 Å². The summed E-state index contributed by atoms with van der Waals surface area (Å²) in [4.78, 5) is 54.7. The molecule has 0 spiro atoms. The van der Waals surface area contributed by atoms with E-state index in [4.69, 9.17) is 0 Å². The summed E-state index contributed by atoms with van der Waals surface area (Å²) in [6.07, 6.45) is 7.80. The largest absolute Gasteiger partial charge is 0.480 e. The van der Waals surface area contributed by atoms with Crippen LogP contribution in [0.1, 0.15) is 48.9 Å². The van der Waals surface area contributed by atoms with E-state index in [1.54, 1.807) is 11.0 Å². The number of piperidine rings is 2. The maximum atomic E-state index is 12.7. The summed E-state index contributed by atoms with van der Waals surface area (Å²) in [6.45, 7) is 2.76. The van der Waals surface area contributed by atoms with Crippen molar-refractivity contribution in [2.45, 2.75) is 44.6 Å². The van der Waals surface area contributed by atoms with Crippen LogP contribution in [0.15, 0.2) is 24.5 Å². The van der Waals surface area contributed by atoms with Crippen molar-refractivity contribution in [1.82, 2.24) is 25.8 Å². The van der Waals surface area contributed by atoms with Crippen LogP contribution in [0.3, 0.4) is 0 Å². The normalized spacial score (nSPS) is 20.0. The highest BCUT2D eigenvalue weighted by Crippen LogP contribution is 2.21. The third-order valence-corrected chi connectivity index (χ3v) is 6.38. The fourth-order valence-electron chi connectivity index (χ4n) is 4.36. The van der Waals surface area contributed by atoms with Gasteiger partial charge >= 0.3 is 5.97 Å². The standard InChI is InChI=1S/C23H33N5O5/c29-20(6-5-16-7-10-24-11-8-16)28-12-2-4-18(15-28)21(30)26-14-19(23(32)33)27-22(31)17-3-1-9-25-13-17/h1,3,9,13,16,18-19,24H,2,4-8,10-12,14-15H2,(H,26,30)(H,27,31)(H,32,33)/t18-,19?/m1/s1. The molecule has 10 heteroatoms. The minimum absolute atomic E-state index is 0.0816. The minimum atomic E-state index is -1.27. The molecule has 0 bridgehead atoms. The molecule has 0 radical (unpaired) electrons. The maximum Gasteiger partial charge on any atom is 0.328 e. The van der Waals surface area contributed by atoms with Crippen molar-refractivity contribution in [1.29, 1.82) is 0 Å². The summed E-state index contributed by atoms with van der Waals surface area (Å²) < 4.78 is 0. The van der Waals surface area contributed by atoms with Crippen molar-refractivity contribution in [2.24, 2.45) is 11.8 Å². The van der Waals surface area contributed by atoms with Gasteiger partial charge < -0.3 is 26.0 Å². The number of aliphatic carboxylic acids is 1. The summed E-state index contributed by atoms with van der Waals surface area (Å²) in [7, 11) is 0. The number of nitrogens with one attached hydrogen (secondary N) is 3. The summed E-state index contributed by atoms with van der Waals surface area (Å²) in [6, 6.07) is 1.83. The van der Waals surface area contributed by atoms with Gasteiger partial charge in [-0.3, -0.25) is 19.4 Å². The Labute approximate surface area is 193 Å². The van der Waals surface area contributed by atoms with Crippen LogP contribution < -0.4 is 16.0 Å². The van der Waals surface area contributed by atoms with Crippen LogP contribution in [-0.2, 0) is 14.4 Å². The van der Waals surface area contributed by atoms with E-state index in [0.29, 0.717) is 31.8 Å². The molecule has 4 N–H and O–H groups in total. The Bertz CT molecular complexity index is 828. The lowest BCUT2D eigenvalue weighted by Gasteiger charge is -2.33. The molecule has 1 aromatic rings. The molecule has 2 aliphatic rings. The predicted octanol–water partition coefficient (Wildman–Crippen LogP) is 0.399. The number of carbonyl (C=O) groups is 4. The molecule has 2 saturated heterocycles. The third-order valence-electron chi connectivity index (χ3n) is 6.38. The molecule has 33 heavy (non-hydrogen) atoms. The number of nitrogens with zero attached hydrogens (tertiary/aromatic N) is 2. The lowest BCUT2D eigenvalue weighted by atomic mass is 9.92. The molecule has 1 aromatic heterocycles. The number of aromatic nitrogens is 1. The van der Waals surface area contributed by atoms with Gasteiger partial charge in [0.25, 0.3) is 5.91 Å². The van der Waals surface area contributed by atoms with Crippen LogP contribution in [0.2, 0.25) is 0 Å². The summed E-state index contributed by atoms with van der Waals surface area (Å²) in [5.74, 6) is -1.84. The number of hydrogen-bond acceptors (Lipinski definition) is 6. The maximum absolute atomic E-state index is 12.7. The SMILES string of the molecule is O=C(NC(CNC(=O)[C@@H]1CCCN(C(=O)CCC2CCNCC2)C1)C(=O)O)c1cccnc1. The first kappa shape index (κ1) is 24.6. The number of carboxylic acid groups (broad SMARTS) is 1. The first-order valence-electron chi connectivity index (χ1n) is 11.6. The molecule has 1 unspecified atom stereocenters. The number of rotatable bonds is 9. The molecule has 3 rings (SSSR count). The zero-order chi connectivity index (χ0) is 23.6. The molecule has 3 amide bonds. The molecule has 180 valence electrons. The first-order valence-corrected chi connectivity index (χ1v) is 11.6. The molecule has 10 nitrogen and oxygen atoms in total. The molecular formula is C23H33N5O5. The van der Waals surface area contributed by atoms with Gasteiger partial charge in [0.05, 0.1) is 11.5 Å². The van der Waals surface area contributed by atoms with Gasteiger partial charge in [0.2, 0.25) is 11.8 Å². The van der Waals surface area contributed by atoms with Gasteiger partial charge in [0.15, 0.2) is 0 Å². The predicted molar refractivity (Wildman–Crippen MR) is 120 cm³/mol. The fraction of sp³-hybridized carbons (Fsp3) is 0.609. The summed E-state index contributed by atoms with van der Waals surface area (Å²) >= 11 is 0. The van der Waals surface area contributed by atoms with E-state index in [2.05, 4.69) is 20.9 Å². The minimum Gasteiger partial charge on any atom is -0.480 e. The van der Waals surface area contributed by atoms with Crippen molar-refractivity contribution < 1.29 is 24.3 Å². The summed E-state index contributed by atoms with van der Waals surface area (Å²) in [5, 5.41) is 17.8. The van der Waals surface area contributed by atoms with Gasteiger partial charge in [0.1, 0.15) is 6.04 Å². The van der Waals surface area contributed by atoms with E-state index in [-0.39, 0.29) is 29.8 Å². The van der Waals surface area contributed by atoms with Crippen LogP contribution in [0.25, 0.3) is 0 Å². The number of pyridine rings is 1. The smallest absolute Gasteiger partial charge is 0.328 e. The monoisotopic (exact) mass is 459 g/mol. The van der Waals surface area contributed by atoms with E-state index < -0.39 is 17.9 Å². The molecule has 2 fully saturated rings. The molecule has 0 aromatic carbocycles. The van der Waals surface area contributed by atoms with E-state index in [1.165, 1.54) is 18.5 Å². The van der Waals surface area contributed by atoms with E-state index in [1.807, 2.05) is 0 Å². The Hall–Kier alpha value is -3.01. The van der Waals surface area contributed by atoms with Gasteiger partial charge in [-0.05, 0) is 63.2 Å². The number of carbonyl (C=O) groups excluding carboxylic acids is 3. The summed E-state index contributed by atoms with van der Waals surface area (Å²) in [5.41, 5.74) is 0.237. The van der Waals surface area contributed by atoms with Crippen molar-refractivity contribution in [3.63, 3.8) is 0 Å². The molecule has 3 heterocycles. The molecule has 2 aliphatic heterocycles. The van der Waals surface area contributed by atoms with Crippen LogP contribution in [0, 0.1) is 11.8 Å². The zero-order valence-corrected chi connectivity index (χ0v) is 18.8. The van der Waals surface area contributed by atoms with Gasteiger partial charge in [0, 0.05) is 38.4 Å². The van der Waals surface area contributed by atoms with Crippen LogP contribution in [0.4, 0.5) is 0 Å². The quantitative estimate of drug-likeness (QED) is 0.419. The molecular weight excluding hydrogens is 426 g/mol. The number of likely N-dealkylation sites (tertiary alicyclic amines) is 1. The second kappa shape index (κ2) is 12.3. The van der Waals surface area contributed by atoms with Crippen molar-refractivity contribution >= 4 is 23.7 Å². The Morgan fingerprint density at radius 2 is 2.00 bits per heavy atom.